The summed E-state index contributed by atoms with van der Waals surface area (Å²) in [5, 5.41) is 0. The Hall–Kier alpha value is -0.0400. The lowest BCUT2D eigenvalue weighted by Crippen LogP contribution is -2.26. The van der Waals surface area contributed by atoms with E-state index in [0.29, 0.717) is 0 Å². The van der Waals surface area contributed by atoms with E-state index in [-0.39, 0.29) is 0 Å². The number of hydrogen-bond donors (Lipinski definition) is 0. The second-order valence-electron chi connectivity index (χ2n) is 3.58. The van der Waals surface area contributed by atoms with Gasteiger partial charge in [-0.05, 0) is 24.7 Å². The highest BCUT2D eigenvalue weighted by Gasteiger charge is 2.22. The van der Waals surface area contributed by atoms with E-state index in [2.05, 4.69) is 13.8 Å². The van der Waals surface area contributed by atoms with Gasteiger partial charge in [-0.15, -0.1) is 0 Å². The van der Waals surface area contributed by atoms with Gasteiger partial charge in [0.05, 0.1) is 0 Å². The predicted octanol–water partition coefficient (Wildman–Crippen LogP) is 2.85. The summed E-state index contributed by atoms with van der Waals surface area (Å²) in [7, 11) is 0. The molecule has 1 rings (SSSR count). The summed E-state index contributed by atoms with van der Waals surface area (Å²) in [5.74, 6) is 1.81. The molecule has 1 nitrogen and oxygen atoms in total. The first-order valence-corrected chi connectivity index (χ1v) is 4.96. The van der Waals surface area contributed by atoms with Crippen molar-refractivity contribution in [2.75, 3.05) is 13.2 Å². The van der Waals surface area contributed by atoms with Gasteiger partial charge in [0.2, 0.25) is 0 Å². The van der Waals surface area contributed by atoms with Gasteiger partial charge in [0.15, 0.2) is 0 Å². The molecular formula is C10H20O. The van der Waals surface area contributed by atoms with Crippen LogP contribution in [0.25, 0.3) is 0 Å². The van der Waals surface area contributed by atoms with Gasteiger partial charge in [-0.2, -0.15) is 0 Å². The Morgan fingerprint density at radius 2 is 2.09 bits per heavy atom. The van der Waals surface area contributed by atoms with E-state index in [0.717, 1.165) is 25.0 Å². The van der Waals surface area contributed by atoms with Crippen LogP contribution < -0.4 is 0 Å². The highest BCUT2D eigenvalue weighted by molar-refractivity contribution is 4.72. The third-order valence-electron chi connectivity index (χ3n) is 2.82. The van der Waals surface area contributed by atoms with Gasteiger partial charge in [0.25, 0.3) is 0 Å². The molecule has 0 aliphatic carbocycles. The fourth-order valence-corrected chi connectivity index (χ4v) is 2.07. The minimum Gasteiger partial charge on any atom is -0.381 e. The Morgan fingerprint density at radius 3 is 2.73 bits per heavy atom. The molecule has 0 N–H and O–H groups in total. The quantitative estimate of drug-likeness (QED) is 0.610. The lowest BCUT2D eigenvalue weighted by Gasteiger charge is -2.30. The molecule has 0 aromatic rings. The third kappa shape index (κ3) is 2.48. The Kier molecular flexibility index (Phi) is 3.92. The maximum absolute atomic E-state index is 5.47. The van der Waals surface area contributed by atoms with Crippen LogP contribution in [0.1, 0.15) is 39.5 Å². The van der Waals surface area contributed by atoms with Gasteiger partial charge in [-0.3, -0.25) is 0 Å². The van der Waals surface area contributed by atoms with Crippen molar-refractivity contribution in [3.05, 3.63) is 0 Å². The number of rotatable bonds is 3. The average molecular weight is 156 g/mol. The zero-order chi connectivity index (χ0) is 8.10. The molecule has 0 amide bonds. The first-order chi connectivity index (χ1) is 5.38. The molecule has 1 heterocycles. The van der Waals surface area contributed by atoms with E-state index >= 15 is 0 Å². The van der Waals surface area contributed by atoms with Crippen molar-refractivity contribution in [1.82, 2.24) is 0 Å². The standard InChI is InChI=1S/C10H20O/c1-3-5-10-8-11-7-6-9(10)4-2/h9-10H,3-8H2,1-2H3/t9-,10-/m0/s1. The van der Waals surface area contributed by atoms with Crippen LogP contribution in [0.3, 0.4) is 0 Å². The highest BCUT2D eigenvalue weighted by atomic mass is 16.5. The monoisotopic (exact) mass is 156 g/mol. The summed E-state index contributed by atoms with van der Waals surface area (Å²) >= 11 is 0. The van der Waals surface area contributed by atoms with E-state index in [1.54, 1.807) is 0 Å². The molecule has 1 aliphatic heterocycles. The Balaban J connectivity index is 2.31. The van der Waals surface area contributed by atoms with Gasteiger partial charge in [-0.25, -0.2) is 0 Å². The molecule has 0 unspecified atom stereocenters. The molecule has 11 heavy (non-hydrogen) atoms. The summed E-state index contributed by atoms with van der Waals surface area (Å²) in [6.45, 7) is 6.59. The van der Waals surface area contributed by atoms with Crippen molar-refractivity contribution in [3.8, 4) is 0 Å². The van der Waals surface area contributed by atoms with Crippen molar-refractivity contribution in [1.29, 1.82) is 0 Å². The Labute approximate surface area is 70.1 Å². The van der Waals surface area contributed by atoms with Crippen molar-refractivity contribution in [3.63, 3.8) is 0 Å². The second-order valence-corrected chi connectivity index (χ2v) is 3.58. The maximum Gasteiger partial charge on any atom is 0.0496 e. The van der Waals surface area contributed by atoms with Crippen LogP contribution in [-0.2, 0) is 4.74 Å². The fourth-order valence-electron chi connectivity index (χ4n) is 2.07. The highest BCUT2D eigenvalue weighted by Crippen LogP contribution is 2.27. The van der Waals surface area contributed by atoms with E-state index in [1.807, 2.05) is 0 Å². The molecule has 1 saturated heterocycles. The van der Waals surface area contributed by atoms with Crippen LogP contribution in [0.15, 0.2) is 0 Å². The lowest BCUT2D eigenvalue weighted by molar-refractivity contribution is 0.0119. The van der Waals surface area contributed by atoms with E-state index < -0.39 is 0 Å². The summed E-state index contributed by atoms with van der Waals surface area (Å²) < 4.78 is 5.47. The zero-order valence-corrected chi connectivity index (χ0v) is 7.81. The van der Waals surface area contributed by atoms with Gasteiger partial charge in [0.1, 0.15) is 0 Å². The third-order valence-corrected chi connectivity index (χ3v) is 2.82. The first-order valence-electron chi connectivity index (χ1n) is 4.96. The minimum absolute atomic E-state index is 0.860. The number of ether oxygens (including phenoxy) is 1. The molecule has 2 atom stereocenters. The van der Waals surface area contributed by atoms with Crippen molar-refractivity contribution in [2.45, 2.75) is 39.5 Å². The smallest absolute Gasteiger partial charge is 0.0496 e. The Morgan fingerprint density at radius 1 is 1.27 bits per heavy atom. The summed E-state index contributed by atoms with van der Waals surface area (Å²) in [5.41, 5.74) is 0. The fraction of sp³-hybridized carbons (Fsp3) is 1.00. The number of hydrogen-bond acceptors (Lipinski definition) is 1. The van der Waals surface area contributed by atoms with Gasteiger partial charge in [-0.1, -0.05) is 26.7 Å². The van der Waals surface area contributed by atoms with Crippen molar-refractivity contribution < 1.29 is 4.74 Å². The van der Waals surface area contributed by atoms with Crippen LogP contribution in [0.5, 0.6) is 0 Å². The van der Waals surface area contributed by atoms with Crippen molar-refractivity contribution in [2.24, 2.45) is 11.8 Å². The largest absolute Gasteiger partial charge is 0.381 e. The molecule has 0 bridgehead atoms. The normalized spacial score (nSPS) is 32.2. The summed E-state index contributed by atoms with van der Waals surface area (Å²) in [4.78, 5) is 0. The molecule has 0 saturated carbocycles. The SMILES string of the molecule is CCC[C@H]1COCC[C@@H]1CC. The van der Waals surface area contributed by atoms with E-state index in [9.17, 15) is 0 Å². The topological polar surface area (TPSA) is 9.23 Å². The van der Waals surface area contributed by atoms with Gasteiger partial charge < -0.3 is 4.74 Å². The second kappa shape index (κ2) is 4.76. The van der Waals surface area contributed by atoms with E-state index in [4.69, 9.17) is 4.74 Å². The molecule has 0 spiro atoms. The van der Waals surface area contributed by atoms with Crippen molar-refractivity contribution >= 4 is 0 Å². The van der Waals surface area contributed by atoms with Crippen LogP contribution in [0.4, 0.5) is 0 Å². The van der Waals surface area contributed by atoms with Gasteiger partial charge >= 0.3 is 0 Å². The van der Waals surface area contributed by atoms with Crippen LogP contribution in [0, 0.1) is 11.8 Å². The van der Waals surface area contributed by atoms with Crippen LogP contribution in [0.2, 0.25) is 0 Å². The van der Waals surface area contributed by atoms with Crippen LogP contribution in [-0.4, -0.2) is 13.2 Å². The molecule has 0 radical (unpaired) electrons. The molecule has 1 heteroatoms. The predicted molar refractivity (Wildman–Crippen MR) is 47.6 cm³/mol. The molecule has 1 fully saturated rings. The molecular weight excluding hydrogens is 136 g/mol. The Bertz CT molecular complexity index is 99.0. The summed E-state index contributed by atoms with van der Waals surface area (Å²) in [6.07, 6.45) is 5.30. The maximum atomic E-state index is 5.47. The van der Waals surface area contributed by atoms with Crippen LogP contribution >= 0.6 is 0 Å². The van der Waals surface area contributed by atoms with Gasteiger partial charge in [0, 0.05) is 13.2 Å². The zero-order valence-electron chi connectivity index (χ0n) is 7.81. The summed E-state index contributed by atoms with van der Waals surface area (Å²) in [6, 6.07) is 0. The molecule has 66 valence electrons. The average Bonchev–Trinajstić information content (AvgIpc) is 2.06. The molecule has 1 aliphatic rings. The minimum atomic E-state index is 0.860. The molecule has 0 aromatic carbocycles. The lowest BCUT2D eigenvalue weighted by atomic mass is 9.84. The molecule has 0 aromatic heterocycles. The first kappa shape index (κ1) is 9.05. The van der Waals surface area contributed by atoms with E-state index in [1.165, 1.54) is 25.7 Å².